The van der Waals surface area contributed by atoms with Gasteiger partial charge in [0.25, 0.3) is 5.91 Å². The normalized spacial score (nSPS) is 18.4. The van der Waals surface area contributed by atoms with E-state index in [0.717, 1.165) is 42.7 Å². The summed E-state index contributed by atoms with van der Waals surface area (Å²) in [6, 6.07) is 25.1. The molecule has 0 saturated carbocycles. The molecular formula is C29H29N3O2S2. The SMILES string of the molecule is CCN1C(=O)/C(=C/c2ccc(Sc3ccc(C)cc3)cc2)SC1=Nc1ccc(N2CCOCC2)cc1. The van der Waals surface area contributed by atoms with E-state index in [4.69, 9.17) is 9.73 Å². The van der Waals surface area contributed by atoms with Gasteiger partial charge in [0, 0.05) is 35.1 Å². The lowest BCUT2D eigenvalue weighted by molar-refractivity contribution is -0.122. The summed E-state index contributed by atoms with van der Waals surface area (Å²) in [6.45, 7) is 7.99. The summed E-state index contributed by atoms with van der Waals surface area (Å²) < 4.78 is 5.44. The number of thioether (sulfide) groups is 1. The zero-order valence-electron chi connectivity index (χ0n) is 20.5. The van der Waals surface area contributed by atoms with E-state index < -0.39 is 0 Å². The minimum atomic E-state index is 0.00398. The number of ether oxygens (including phenoxy) is 1. The van der Waals surface area contributed by atoms with Gasteiger partial charge in [0.2, 0.25) is 0 Å². The molecule has 5 nitrogen and oxygen atoms in total. The van der Waals surface area contributed by atoms with E-state index in [1.807, 2.05) is 25.1 Å². The van der Waals surface area contributed by atoms with Crippen LogP contribution in [-0.4, -0.2) is 48.8 Å². The van der Waals surface area contributed by atoms with Gasteiger partial charge in [-0.05, 0) is 85.8 Å². The van der Waals surface area contributed by atoms with Crippen LogP contribution in [0.1, 0.15) is 18.1 Å². The molecule has 2 fully saturated rings. The molecule has 7 heteroatoms. The van der Waals surface area contributed by atoms with E-state index in [0.29, 0.717) is 11.4 Å². The molecule has 36 heavy (non-hydrogen) atoms. The molecule has 0 bridgehead atoms. The average Bonchev–Trinajstić information content (AvgIpc) is 3.20. The molecule has 2 aliphatic heterocycles. The van der Waals surface area contributed by atoms with Gasteiger partial charge in [0.15, 0.2) is 5.17 Å². The number of benzene rings is 3. The first-order valence-corrected chi connectivity index (χ1v) is 13.8. The number of carbonyl (C=O) groups is 1. The fourth-order valence-corrected chi connectivity index (χ4v) is 5.95. The highest BCUT2D eigenvalue weighted by Crippen LogP contribution is 2.35. The molecule has 3 aromatic carbocycles. The van der Waals surface area contributed by atoms with E-state index in [1.54, 1.807) is 16.7 Å². The standard InChI is InChI=1S/C29H29N3O2S2/c1-3-32-28(33)27(20-22-6-14-26(15-7-22)35-25-12-4-21(2)5-13-25)36-29(32)30-23-8-10-24(11-9-23)31-16-18-34-19-17-31/h4-15,20H,3,16-19H2,1-2H3/b27-20-,30-29?. The molecule has 0 unspecified atom stereocenters. The zero-order chi connectivity index (χ0) is 24.9. The smallest absolute Gasteiger partial charge is 0.266 e. The van der Waals surface area contributed by atoms with Crippen molar-refractivity contribution < 1.29 is 9.53 Å². The summed E-state index contributed by atoms with van der Waals surface area (Å²) >= 11 is 3.17. The van der Waals surface area contributed by atoms with E-state index in [9.17, 15) is 4.79 Å². The van der Waals surface area contributed by atoms with Gasteiger partial charge in [-0.3, -0.25) is 9.69 Å². The number of morpholine rings is 1. The van der Waals surface area contributed by atoms with Crippen LogP contribution >= 0.6 is 23.5 Å². The Morgan fingerprint density at radius 1 is 0.944 bits per heavy atom. The third-order valence-corrected chi connectivity index (χ3v) is 8.11. The van der Waals surface area contributed by atoms with Gasteiger partial charge in [-0.1, -0.05) is 41.6 Å². The summed E-state index contributed by atoms with van der Waals surface area (Å²) in [4.78, 5) is 25.0. The molecule has 0 N–H and O–H groups in total. The Morgan fingerprint density at radius 3 is 2.22 bits per heavy atom. The Kier molecular flexibility index (Phi) is 7.80. The van der Waals surface area contributed by atoms with Crippen molar-refractivity contribution >= 4 is 52.0 Å². The van der Waals surface area contributed by atoms with Gasteiger partial charge in [-0.2, -0.15) is 0 Å². The maximum absolute atomic E-state index is 13.1. The first kappa shape index (κ1) is 24.7. The Hall–Kier alpha value is -3.00. The van der Waals surface area contributed by atoms with Gasteiger partial charge >= 0.3 is 0 Å². The summed E-state index contributed by atoms with van der Waals surface area (Å²) in [7, 11) is 0. The van der Waals surface area contributed by atoms with Crippen LogP contribution in [0.25, 0.3) is 6.08 Å². The number of likely N-dealkylation sites (N-methyl/N-ethyl adjacent to an activating group) is 1. The van der Waals surface area contributed by atoms with Crippen molar-refractivity contribution in [3.63, 3.8) is 0 Å². The molecule has 0 spiro atoms. The van der Waals surface area contributed by atoms with E-state index in [-0.39, 0.29) is 5.91 Å². The molecule has 2 saturated heterocycles. The van der Waals surface area contributed by atoms with Gasteiger partial charge in [-0.15, -0.1) is 0 Å². The quantitative estimate of drug-likeness (QED) is 0.346. The van der Waals surface area contributed by atoms with Gasteiger partial charge in [0.05, 0.1) is 23.8 Å². The fourth-order valence-electron chi connectivity index (χ4n) is 4.07. The molecular weight excluding hydrogens is 486 g/mol. The van der Waals surface area contributed by atoms with Crippen LogP contribution in [0.4, 0.5) is 11.4 Å². The number of hydrogen-bond donors (Lipinski definition) is 0. The Morgan fingerprint density at radius 2 is 1.58 bits per heavy atom. The van der Waals surface area contributed by atoms with Crippen LogP contribution in [-0.2, 0) is 9.53 Å². The molecule has 0 radical (unpaired) electrons. The maximum Gasteiger partial charge on any atom is 0.266 e. The Balaban J connectivity index is 1.29. The Bertz CT molecular complexity index is 1260. The van der Waals surface area contributed by atoms with Crippen molar-refractivity contribution in [2.45, 2.75) is 23.6 Å². The highest BCUT2D eigenvalue weighted by Gasteiger charge is 2.32. The second-order valence-electron chi connectivity index (χ2n) is 8.65. The number of anilines is 1. The van der Waals surface area contributed by atoms with Gasteiger partial charge in [-0.25, -0.2) is 4.99 Å². The molecule has 3 aromatic rings. The first-order valence-electron chi connectivity index (χ1n) is 12.2. The van der Waals surface area contributed by atoms with E-state index in [2.05, 4.69) is 72.5 Å². The molecule has 2 heterocycles. The van der Waals surface area contributed by atoms with Gasteiger partial charge in [0.1, 0.15) is 0 Å². The maximum atomic E-state index is 13.1. The molecule has 0 atom stereocenters. The molecule has 0 aromatic heterocycles. The van der Waals surface area contributed by atoms with Crippen LogP contribution in [0, 0.1) is 6.92 Å². The molecule has 184 valence electrons. The van der Waals surface area contributed by atoms with Crippen molar-refractivity contribution in [3.05, 3.63) is 88.8 Å². The van der Waals surface area contributed by atoms with Crippen molar-refractivity contribution in [1.29, 1.82) is 0 Å². The van der Waals surface area contributed by atoms with Crippen LogP contribution < -0.4 is 4.90 Å². The number of amidine groups is 1. The third kappa shape index (κ3) is 5.86. The Labute approximate surface area is 221 Å². The number of amides is 1. The topological polar surface area (TPSA) is 45.1 Å². The second-order valence-corrected chi connectivity index (χ2v) is 10.8. The number of aryl methyl sites for hydroxylation is 1. The van der Waals surface area contributed by atoms with Crippen LogP contribution in [0.15, 0.2) is 92.5 Å². The first-order chi connectivity index (χ1) is 17.6. The van der Waals surface area contributed by atoms with Crippen molar-refractivity contribution in [1.82, 2.24) is 4.90 Å². The highest BCUT2D eigenvalue weighted by atomic mass is 32.2. The molecule has 2 aliphatic rings. The zero-order valence-corrected chi connectivity index (χ0v) is 22.1. The molecule has 5 rings (SSSR count). The lowest BCUT2D eigenvalue weighted by atomic mass is 10.2. The highest BCUT2D eigenvalue weighted by molar-refractivity contribution is 8.18. The summed E-state index contributed by atoms with van der Waals surface area (Å²) in [5.74, 6) is 0.00398. The number of carbonyl (C=O) groups excluding carboxylic acids is 1. The average molecular weight is 516 g/mol. The largest absolute Gasteiger partial charge is 0.378 e. The fraction of sp³-hybridized carbons (Fsp3) is 0.241. The second kappa shape index (κ2) is 11.4. The van der Waals surface area contributed by atoms with Crippen LogP contribution in [0.3, 0.4) is 0 Å². The summed E-state index contributed by atoms with van der Waals surface area (Å²) in [6.07, 6.45) is 1.96. The summed E-state index contributed by atoms with van der Waals surface area (Å²) in [5.41, 5.74) is 4.29. The predicted octanol–water partition coefficient (Wildman–Crippen LogP) is 6.61. The van der Waals surface area contributed by atoms with Crippen molar-refractivity contribution in [2.75, 3.05) is 37.7 Å². The monoisotopic (exact) mass is 515 g/mol. The number of rotatable bonds is 6. The van der Waals surface area contributed by atoms with E-state index in [1.165, 1.54) is 32.8 Å². The lowest BCUT2D eigenvalue weighted by Crippen LogP contribution is -2.36. The molecule has 1 amide bonds. The van der Waals surface area contributed by atoms with Crippen LogP contribution in [0.2, 0.25) is 0 Å². The third-order valence-electron chi connectivity index (χ3n) is 6.09. The van der Waals surface area contributed by atoms with E-state index >= 15 is 0 Å². The van der Waals surface area contributed by atoms with Crippen LogP contribution in [0.5, 0.6) is 0 Å². The van der Waals surface area contributed by atoms with Gasteiger partial charge < -0.3 is 9.64 Å². The lowest BCUT2D eigenvalue weighted by Gasteiger charge is -2.28. The van der Waals surface area contributed by atoms with Crippen molar-refractivity contribution in [2.24, 2.45) is 4.99 Å². The van der Waals surface area contributed by atoms with Crippen molar-refractivity contribution in [3.8, 4) is 0 Å². The minimum Gasteiger partial charge on any atom is -0.378 e. The number of hydrogen-bond acceptors (Lipinski definition) is 6. The predicted molar refractivity (Wildman–Crippen MR) is 151 cm³/mol. The molecule has 0 aliphatic carbocycles. The minimum absolute atomic E-state index is 0.00398. The number of nitrogens with zero attached hydrogens (tertiary/aromatic N) is 3. The number of aliphatic imine (C=N–C) groups is 1. The summed E-state index contributed by atoms with van der Waals surface area (Å²) in [5, 5.41) is 0.722.